The molecule has 0 amide bonds. The number of hydrogen-bond acceptors (Lipinski definition) is 2. The van der Waals surface area contributed by atoms with Crippen LogP contribution in [0, 0.1) is 5.92 Å². The number of nitrogens with one attached hydrogen (secondary N) is 1. The molecule has 0 saturated carbocycles. The Kier molecular flexibility index (Phi) is 9.44. The van der Waals surface area contributed by atoms with E-state index < -0.39 is 0 Å². The van der Waals surface area contributed by atoms with Crippen molar-refractivity contribution in [3.63, 3.8) is 0 Å². The van der Waals surface area contributed by atoms with Crippen molar-refractivity contribution >= 4 is 11.8 Å². The van der Waals surface area contributed by atoms with Gasteiger partial charge in [-0.3, -0.25) is 0 Å². The lowest BCUT2D eigenvalue weighted by Gasteiger charge is -2.26. The highest BCUT2D eigenvalue weighted by molar-refractivity contribution is 8.00. The van der Waals surface area contributed by atoms with E-state index in [1.54, 1.807) is 0 Å². The molecule has 0 spiro atoms. The minimum absolute atomic E-state index is 0.389. The molecule has 0 aromatic heterocycles. The van der Waals surface area contributed by atoms with E-state index >= 15 is 0 Å². The maximum absolute atomic E-state index is 3.72. The summed E-state index contributed by atoms with van der Waals surface area (Å²) in [7, 11) is 0. The Morgan fingerprint density at radius 2 is 1.65 bits per heavy atom. The summed E-state index contributed by atoms with van der Waals surface area (Å²) in [6, 6.07) is 0.698. The SMILES string of the molecule is CCCNC(CSC(C)(C)C)CC(CC)CC. The highest BCUT2D eigenvalue weighted by Gasteiger charge is 2.17. The van der Waals surface area contributed by atoms with E-state index in [0.717, 1.165) is 12.5 Å². The van der Waals surface area contributed by atoms with Gasteiger partial charge >= 0.3 is 0 Å². The Hall–Kier alpha value is 0.310. The first-order valence-corrected chi connectivity index (χ1v) is 8.28. The van der Waals surface area contributed by atoms with Gasteiger partial charge in [-0.1, -0.05) is 54.4 Å². The standard InChI is InChI=1S/C15H33NS/c1-7-10-16-14(11-13(8-2)9-3)12-17-15(4,5)6/h13-14,16H,7-12H2,1-6H3. The zero-order valence-electron chi connectivity index (χ0n) is 12.8. The van der Waals surface area contributed by atoms with Crippen molar-refractivity contribution in [2.45, 2.75) is 78.0 Å². The Morgan fingerprint density at radius 1 is 1.06 bits per heavy atom. The fourth-order valence-corrected chi connectivity index (χ4v) is 2.89. The molecule has 104 valence electrons. The predicted octanol–water partition coefficient (Wildman–Crippen LogP) is 4.71. The van der Waals surface area contributed by atoms with Gasteiger partial charge in [0.05, 0.1) is 0 Å². The lowest BCUT2D eigenvalue weighted by molar-refractivity contribution is 0.384. The van der Waals surface area contributed by atoms with Crippen LogP contribution in [0.4, 0.5) is 0 Å². The Morgan fingerprint density at radius 3 is 2.06 bits per heavy atom. The maximum Gasteiger partial charge on any atom is 0.0161 e. The molecule has 1 nitrogen and oxygen atoms in total. The first kappa shape index (κ1) is 17.3. The molecule has 0 bridgehead atoms. The van der Waals surface area contributed by atoms with Crippen molar-refractivity contribution in [3.05, 3.63) is 0 Å². The molecule has 17 heavy (non-hydrogen) atoms. The van der Waals surface area contributed by atoms with Crippen LogP contribution in [0.3, 0.4) is 0 Å². The van der Waals surface area contributed by atoms with E-state index in [0.29, 0.717) is 10.8 Å². The fourth-order valence-electron chi connectivity index (χ4n) is 1.93. The van der Waals surface area contributed by atoms with Crippen LogP contribution < -0.4 is 5.32 Å². The van der Waals surface area contributed by atoms with Gasteiger partial charge in [-0.15, -0.1) is 0 Å². The summed E-state index contributed by atoms with van der Waals surface area (Å²) in [6.07, 6.45) is 5.22. The summed E-state index contributed by atoms with van der Waals surface area (Å²) < 4.78 is 0.389. The van der Waals surface area contributed by atoms with Gasteiger partial charge in [0.25, 0.3) is 0 Å². The molecule has 0 aromatic rings. The van der Waals surface area contributed by atoms with Crippen LogP contribution in [0.25, 0.3) is 0 Å². The lowest BCUT2D eigenvalue weighted by Crippen LogP contribution is -2.35. The Bertz CT molecular complexity index is 170. The molecular formula is C15H33NS. The molecule has 1 N–H and O–H groups in total. The van der Waals surface area contributed by atoms with Crippen LogP contribution in [0.1, 0.15) is 67.2 Å². The topological polar surface area (TPSA) is 12.0 Å². The molecule has 0 aromatic carbocycles. The second-order valence-electron chi connectivity index (χ2n) is 5.99. The molecule has 1 atom stereocenters. The molecule has 0 rings (SSSR count). The Balaban J connectivity index is 4.12. The number of thioether (sulfide) groups is 1. The van der Waals surface area contributed by atoms with E-state index in [9.17, 15) is 0 Å². The van der Waals surface area contributed by atoms with E-state index in [2.05, 4.69) is 58.6 Å². The average molecular weight is 260 g/mol. The van der Waals surface area contributed by atoms with Gasteiger partial charge in [-0.25, -0.2) is 0 Å². The largest absolute Gasteiger partial charge is 0.313 e. The van der Waals surface area contributed by atoms with Gasteiger partial charge in [0.2, 0.25) is 0 Å². The Labute approximate surface area is 114 Å². The average Bonchev–Trinajstić information content (AvgIpc) is 2.27. The molecule has 2 heteroatoms. The highest BCUT2D eigenvalue weighted by Crippen LogP contribution is 2.26. The molecule has 0 aliphatic carbocycles. The summed E-state index contributed by atoms with van der Waals surface area (Å²) in [4.78, 5) is 0. The van der Waals surface area contributed by atoms with Gasteiger partial charge in [-0.05, 0) is 25.3 Å². The van der Waals surface area contributed by atoms with E-state index in [4.69, 9.17) is 0 Å². The monoisotopic (exact) mass is 259 g/mol. The van der Waals surface area contributed by atoms with Crippen LogP contribution in [-0.4, -0.2) is 23.1 Å². The number of rotatable bonds is 9. The zero-order chi connectivity index (χ0) is 13.3. The van der Waals surface area contributed by atoms with Crippen molar-refractivity contribution in [2.24, 2.45) is 5.92 Å². The molecule has 0 heterocycles. The van der Waals surface area contributed by atoms with Gasteiger partial charge < -0.3 is 5.32 Å². The maximum atomic E-state index is 3.72. The van der Waals surface area contributed by atoms with E-state index in [1.165, 1.54) is 31.4 Å². The van der Waals surface area contributed by atoms with E-state index in [1.807, 2.05) is 0 Å². The summed E-state index contributed by atoms with van der Waals surface area (Å²) in [6.45, 7) is 15.0. The third-order valence-electron chi connectivity index (χ3n) is 3.17. The minimum Gasteiger partial charge on any atom is -0.313 e. The predicted molar refractivity (Wildman–Crippen MR) is 83.0 cm³/mol. The van der Waals surface area contributed by atoms with Crippen molar-refractivity contribution in [1.29, 1.82) is 0 Å². The summed E-state index contributed by atoms with van der Waals surface area (Å²) in [5.41, 5.74) is 0. The fraction of sp³-hybridized carbons (Fsp3) is 1.00. The smallest absolute Gasteiger partial charge is 0.0161 e. The molecule has 0 radical (unpaired) electrons. The van der Waals surface area contributed by atoms with Crippen LogP contribution in [0.5, 0.6) is 0 Å². The van der Waals surface area contributed by atoms with Crippen LogP contribution >= 0.6 is 11.8 Å². The highest BCUT2D eigenvalue weighted by atomic mass is 32.2. The summed E-state index contributed by atoms with van der Waals surface area (Å²) >= 11 is 2.09. The third kappa shape index (κ3) is 9.96. The molecule has 0 saturated heterocycles. The van der Waals surface area contributed by atoms with Crippen LogP contribution in [0.15, 0.2) is 0 Å². The third-order valence-corrected chi connectivity index (χ3v) is 4.61. The second kappa shape index (κ2) is 9.27. The van der Waals surface area contributed by atoms with Crippen molar-refractivity contribution in [2.75, 3.05) is 12.3 Å². The normalized spacial score (nSPS) is 14.3. The van der Waals surface area contributed by atoms with E-state index in [-0.39, 0.29) is 0 Å². The quantitative estimate of drug-likeness (QED) is 0.643. The summed E-state index contributed by atoms with van der Waals surface area (Å²) in [5, 5.41) is 3.72. The molecular weight excluding hydrogens is 226 g/mol. The van der Waals surface area contributed by atoms with Crippen molar-refractivity contribution < 1.29 is 0 Å². The number of hydrogen-bond donors (Lipinski definition) is 1. The molecule has 0 aliphatic heterocycles. The lowest BCUT2D eigenvalue weighted by atomic mass is 9.95. The zero-order valence-corrected chi connectivity index (χ0v) is 13.6. The summed E-state index contributed by atoms with van der Waals surface area (Å²) in [5.74, 6) is 2.14. The van der Waals surface area contributed by atoms with Crippen molar-refractivity contribution in [1.82, 2.24) is 5.32 Å². The van der Waals surface area contributed by atoms with Gasteiger partial charge in [0.1, 0.15) is 0 Å². The minimum atomic E-state index is 0.389. The first-order chi connectivity index (χ1) is 7.92. The first-order valence-electron chi connectivity index (χ1n) is 7.30. The van der Waals surface area contributed by atoms with Crippen LogP contribution in [-0.2, 0) is 0 Å². The van der Waals surface area contributed by atoms with Gasteiger partial charge in [0.15, 0.2) is 0 Å². The van der Waals surface area contributed by atoms with Gasteiger partial charge in [-0.2, -0.15) is 11.8 Å². The molecule has 1 unspecified atom stereocenters. The second-order valence-corrected chi connectivity index (χ2v) is 7.84. The van der Waals surface area contributed by atoms with Crippen molar-refractivity contribution in [3.8, 4) is 0 Å². The molecule has 0 fully saturated rings. The molecule has 0 aliphatic rings. The van der Waals surface area contributed by atoms with Crippen LogP contribution in [0.2, 0.25) is 0 Å². The van der Waals surface area contributed by atoms with Gasteiger partial charge in [0, 0.05) is 16.5 Å².